The molecular formula is C19H22F2N4OS. The Balaban J connectivity index is 1.38. The molecule has 0 radical (unpaired) electrons. The van der Waals surface area contributed by atoms with Crippen LogP contribution in [0.3, 0.4) is 0 Å². The fourth-order valence-corrected chi connectivity index (χ4v) is 4.31. The molecule has 1 aliphatic heterocycles. The summed E-state index contributed by atoms with van der Waals surface area (Å²) in [6, 6.07) is 7.51. The number of hydrogen-bond acceptors (Lipinski definition) is 5. The summed E-state index contributed by atoms with van der Waals surface area (Å²) in [7, 11) is 0. The Morgan fingerprint density at radius 3 is 2.74 bits per heavy atom. The number of alkyl halides is 2. The van der Waals surface area contributed by atoms with Crippen LogP contribution in [-0.4, -0.2) is 45.3 Å². The Morgan fingerprint density at radius 2 is 2.04 bits per heavy atom. The first-order valence-electron chi connectivity index (χ1n) is 9.12. The van der Waals surface area contributed by atoms with Crippen LogP contribution < -0.4 is 4.74 Å². The Morgan fingerprint density at radius 1 is 1.22 bits per heavy atom. The third kappa shape index (κ3) is 4.27. The zero-order chi connectivity index (χ0) is 18.8. The fraction of sp³-hybridized carbons (Fsp3) is 0.474. The molecule has 1 aromatic carbocycles. The van der Waals surface area contributed by atoms with E-state index in [-0.39, 0.29) is 12.6 Å². The van der Waals surface area contributed by atoms with Gasteiger partial charge in [0.2, 0.25) is 0 Å². The molecule has 144 valence electrons. The highest BCUT2D eigenvalue weighted by Gasteiger charge is 2.22. The topological polar surface area (TPSA) is 43.2 Å². The molecule has 0 bridgehead atoms. The van der Waals surface area contributed by atoms with Crippen LogP contribution in [-0.2, 0) is 13.1 Å². The third-order valence-corrected chi connectivity index (χ3v) is 5.69. The first kappa shape index (κ1) is 18.3. The zero-order valence-corrected chi connectivity index (χ0v) is 16.0. The second-order valence-corrected chi connectivity index (χ2v) is 8.12. The molecule has 8 heteroatoms. The predicted octanol–water partition coefficient (Wildman–Crippen LogP) is 4.11. The van der Waals surface area contributed by atoms with Crippen LogP contribution in [0.15, 0.2) is 30.5 Å². The number of likely N-dealkylation sites (tertiary alicyclic amines) is 1. The van der Waals surface area contributed by atoms with Gasteiger partial charge in [-0.05, 0) is 38.0 Å². The third-order valence-electron chi connectivity index (χ3n) is 4.86. The molecule has 1 saturated heterocycles. The van der Waals surface area contributed by atoms with Crippen molar-refractivity contribution in [3.63, 3.8) is 0 Å². The number of aromatic nitrogens is 3. The molecule has 0 spiro atoms. The summed E-state index contributed by atoms with van der Waals surface area (Å²) in [5.41, 5.74) is 0.789. The van der Waals surface area contributed by atoms with Gasteiger partial charge in [0, 0.05) is 24.7 Å². The van der Waals surface area contributed by atoms with Gasteiger partial charge >= 0.3 is 0 Å². The van der Waals surface area contributed by atoms with Crippen molar-refractivity contribution in [2.45, 2.75) is 45.4 Å². The van der Waals surface area contributed by atoms with Gasteiger partial charge in [-0.3, -0.25) is 4.90 Å². The normalized spacial score (nSPS) is 16.4. The average Bonchev–Trinajstić information content (AvgIpc) is 3.23. The Labute approximate surface area is 160 Å². The van der Waals surface area contributed by atoms with Crippen LogP contribution in [0.5, 0.6) is 5.75 Å². The van der Waals surface area contributed by atoms with E-state index >= 15 is 0 Å². The first-order valence-corrected chi connectivity index (χ1v) is 9.94. The van der Waals surface area contributed by atoms with E-state index in [0.717, 1.165) is 59.1 Å². The molecule has 3 heterocycles. The summed E-state index contributed by atoms with van der Waals surface area (Å²) in [6.45, 7) is 4.41. The Kier molecular flexibility index (Phi) is 5.36. The van der Waals surface area contributed by atoms with Gasteiger partial charge in [0.25, 0.3) is 6.43 Å². The van der Waals surface area contributed by atoms with Gasteiger partial charge in [0.15, 0.2) is 0 Å². The number of nitrogens with zero attached hydrogens (tertiary/aromatic N) is 4. The van der Waals surface area contributed by atoms with Crippen molar-refractivity contribution in [1.82, 2.24) is 19.7 Å². The van der Waals surface area contributed by atoms with Crippen molar-refractivity contribution >= 4 is 22.2 Å². The van der Waals surface area contributed by atoms with Crippen molar-refractivity contribution in [3.05, 3.63) is 40.5 Å². The van der Waals surface area contributed by atoms with Crippen LogP contribution in [0, 0.1) is 6.92 Å². The fourth-order valence-electron chi connectivity index (χ4n) is 3.56. The van der Waals surface area contributed by atoms with E-state index < -0.39 is 6.43 Å². The summed E-state index contributed by atoms with van der Waals surface area (Å²) in [5.74, 6) is 0.777. The van der Waals surface area contributed by atoms with E-state index in [1.54, 1.807) is 22.1 Å². The molecule has 5 nitrogen and oxygen atoms in total. The Hall–Kier alpha value is -2.06. The molecule has 1 aliphatic rings. The highest BCUT2D eigenvalue weighted by atomic mass is 32.1. The monoisotopic (exact) mass is 392 g/mol. The molecule has 1 fully saturated rings. The van der Waals surface area contributed by atoms with Gasteiger partial charge in [-0.25, -0.2) is 8.78 Å². The van der Waals surface area contributed by atoms with Crippen LogP contribution in [0.1, 0.15) is 22.9 Å². The maximum absolute atomic E-state index is 12.7. The maximum Gasteiger partial charge on any atom is 0.256 e. The summed E-state index contributed by atoms with van der Waals surface area (Å²) >= 11 is 1.64. The van der Waals surface area contributed by atoms with Gasteiger partial charge < -0.3 is 9.30 Å². The summed E-state index contributed by atoms with van der Waals surface area (Å²) in [5, 5.41) is 11.2. The van der Waals surface area contributed by atoms with E-state index in [2.05, 4.69) is 15.1 Å². The van der Waals surface area contributed by atoms with Crippen LogP contribution in [0.2, 0.25) is 0 Å². The second-order valence-electron chi connectivity index (χ2n) is 6.86. The first-order chi connectivity index (χ1) is 13.1. The molecule has 0 amide bonds. The standard InChI is InChI=1S/C19H22F2N4OS/c1-13-22-23-19(27-13)12-24-8-5-14(6-9-24)26-17-4-2-3-16-15(17)7-10-25(16)11-18(20)21/h2-4,7,10,14,18H,5-6,8-9,11-12H2,1H3. The second kappa shape index (κ2) is 7.90. The van der Waals surface area contributed by atoms with E-state index in [4.69, 9.17) is 4.74 Å². The lowest BCUT2D eigenvalue weighted by Gasteiger charge is -2.31. The lowest BCUT2D eigenvalue weighted by molar-refractivity contribution is 0.0978. The van der Waals surface area contributed by atoms with Crippen molar-refractivity contribution < 1.29 is 13.5 Å². The SMILES string of the molecule is Cc1nnc(CN2CCC(Oc3cccc4c3ccn4CC(F)F)CC2)s1. The molecule has 4 rings (SSSR count). The number of benzene rings is 1. The smallest absolute Gasteiger partial charge is 0.256 e. The highest BCUT2D eigenvalue weighted by Crippen LogP contribution is 2.29. The number of aryl methyl sites for hydroxylation is 1. The van der Waals surface area contributed by atoms with Crippen molar-refractivity contribution in [2.24, 2.45) is 0 Å². The lowest BCUT2D eigenvalue weighted by atomic mass is 10.1. The van der Waals surface area contributed by atoms with Gasteiger partial charge in [0.05, 0.1) is 18.6 Å². The van der Waals surface area contributed by atoms with Crippen molar-refractivity contribution in [3.8, 4) is 5.75 Å². The van der Waals surface area contributed by atoms with Crippen LogP contribution in [0.25, 0.3) is 10.9 Å². The van der Waals surface area contributed by atoms with Crippen molar-refractivity contribution in [2.75, 3.05) is 13.1 Å². The number of halogens is 2. The number of hydrogen-bond donors (Lipinski definition) is 0. The van der Waals surface area contributed by atoms with Crippen molar-refractivity contribution in [1.29, 1.82) is 0 Å². The molecule has 2 aromatic heterocycles. The van der Waals surface area contributed by atoms with Gasteiger partial charge in [0.1, 0.15) is 21.9 Å². The lowest BCUT2D eigenvalue weighted by Crippen LogP contribution is -2.37. The molecule has 0 atom stereocenters. The predicted molar refractivity (Wildman–Crippen MR) is 102 cm³/mol. The highest BCUT2D eigenvalue weighted by molar-refractivity contribution is 7.11. The van der Waals surface area contributed by atoms with Gasteiger partial charge in [-0.2, -0.15) is 0 Å². The molecule has 0 unspecified atom stereocenters. The summed E-state index contributed by atoms with van der Waals surface area (Å²) in [6.07, 6.45) is 1.35. The molecule has 0 aliphatic carbocycles. The van der Waals surface area contributed by atoms with Crippen LogP contribution >= 0.6 is 11.3 Å². The molecule has 0 saturated carbocycles. The number of piperidine rings is 1. The number of fused-ring (bicyclic) bond motifs is 1. The minimum atomic E-state index is -2.37. The van der Waals surface area contributed by atoms with E-state index in [1.165, 1.54) is 0 Å². The van der Waals surface area contributed by atoms with E-state index in [9.17, 15) is 8.78 Å². The minimum Gasteiger partial charge on any atom is -0.490 e. The minimum absolute atomic E-state index is 0.140. The number of ether oxygens (including phenoxy) is 1. The average molecular weight is 392 g/mol. The molecule has 3 aromatic rings. The number of rotatable bonds is 6. The largest absolute Gasteiger partial charge is 0.490 e. The van der Waals surface area contributed by atoms with E-state index in [1.807, 2.05) is 31.2 Å². The Bertz CT molecular complexity index is 902. The van der Waals surface area contributed by atoms with Gasteiger partial charge in [-0.15, -0.1) is 21.5 Å². The van der Waals surface area contributed by atoms with Crippen LogP contribution in [0.4, 0.5) is 8.78 Å². The summed E-state index contributed by atoms with van der Waals surface area (Å²) in [4.78, 5) is 2.37. The molecular weight excluding hydrogens is 370 g/mol. The quantitative estimate of drug-likeness (QED) is 0.633. The van der Waals surface area contributed by atoms with Gasteiger partial charge in [-0.1, -0.05) is 6.07 Å². The molecule has 0 N–H and O–H groups in total. The van der Waals surface area contributed by atoms with E-state index in [0.29, 0.717) is 0 Å². The summed E-state index contributed by atoms with van der Waals surface area (Å²) < 4.78 is 33.3. The molecule has 27 heavy (non-hydrogen) atoms. The maximum atomic E-state index is 12.7. The zero-order valence-electron chi connectivity index (χ0n) is 15.1.